The Hall–Kier alpha value is -3.06. The van der Waals surface area contributed by atoms with E-state index >= 15 is 0 Å². The molecule has 2 aliphatic heterocycles. The number of anilines is 1. The largest absolute Gasteiger partial charge is 0.456 e. The van der Waals surface area contributed by atoms with Gasteiger partial charge >= 0.3 is 0 Å². The van der Waals surface area contributed by atoms with E-state index in [1.165, 1.54) is 12.1 Å². The molecule has 1 atom stereocenters. The second-order valence-corrected chi connectivity index (χ2v) is 8.26. The molecule has 1 fully saturated rings. The molecule has 0 spiro atoms. The van der Waals surface area contributed by atoms with Crippen LogP contribution < -0.4 is 20.6 Å². The van der Waals surface area contributed by atoms with Crippen LogP contribution in [0.15, 0.2) is 42.6 Å². The molecule has 2 aromatic carbocycles. The van der Waals surface area contributed by atoms with Crippen LogP contribution in [0.25, 0.3) is 5.70 Å². The summed E-state index contributed by atoms with van der Waals surface area (Å²) in [5, 5.41) is 1.82. The lowest BCUT2D eigenvalue weighted by Gasteiger charge is -2.36. The molecule has 3 aliphatic rings. The van der Waals surface area contributed by atoms with Crippen LogP contribution in [0.2, 0.25) is 0 Å². The fourth-order valence-corrected chi connectivity index (χ4v) is 4.16. The number of carbonyl (C=O) groups is 1. The van der Waals surface area contributed by atoms with E-state index in [2.05, 4.69) is 17.9 Å². The SMILES string of the molecule is C[C@H]1CCc2c(ccc(C3=CN(C)NN3)c2Oc2ccc(F)cc2)N1C(=O)C1CC1. The molecule has 0 bridgehead atoms. The number of fused-ring (bicyclic) bond motifs is 1. The van der Waals surface area contributed by atoms with Crippen molar-refractivity contribution in [1.29, 1.82) is 0 Å². The third kappa shape index (κ3) is 3.39. The van der Waals surface area contributed by atoms with Crippen molar-refractivity contribution in [1.82, 2.24) is 16.0 Å². The Morgan fingerprint density at radius 1 is 1.13 bits per heavy atom. The lowest BCUT2D eigenvalue weighted by Crippen LogP contribution is -2.43. The number of hydrogen-bond acceptors (Lipinski definition) is 5. The van der Waals surface area contributed by atoms with E-state index in [1.54, 1.807) is 12.1 Å². The zero-order valence-corrected chi connectivity index (χ0v) is 17.1. The third-order valence-electron chi connectivity index (χ3n) is 5.93. The van der Waals surface area contributed by atoms with Crippen LogP contribution in [0.5, 0.6) is 11.5 Å². The smallest absolute Gasteiger partial charge is 0.230 e. The van der Waals surface area contributed by atoms with Gasteiger partial charge in [0.2, 0.25) is 5.91 Å². The molecule has 30 heavy (non-hydrogen) atoms. The minimum atomic E-state index is -0.307. The van der Waals surface area contributed by atoms with Gasteiger partial charge in [-0.1, -0.05) is 0 Å². The average molecular weight is 408 g/mol. The van der Waals surface area contributed by atoms with Gasteiger partial charge in [0.1, 0.15) is 17.3 Å². The lowest BCUT2D eigenvalue weighted by atomic mass is 9.92. The number of benzene rings is 2. The molecule has 0 aromatic heterocycles. The van der Waals surface area contributed by atoms with Crippen molar-refractivity contribution >= 4 is 17.3 Å². The van der Waals surface area contributed by atoms with E-state index in [1.807, 2.05) is 35.3 Å². The number of amides is 1. The molecule has 0 radical (unpaired) electrons. The number of rotatable bonds is 4. The number of nitrogens with zero attached hydrogens (tertiary/aromatic N) is 2. The molecule has 1 saturated carbocycles. The maximum absolute atomic E-state index is 13.4. The topological polar surface area (TPSA) is 56.8 Å². The van der Waals surface area contributed by atoms with Crippen molar-refractivity contribution in [3.05, 3.63) is 59.5 Å². The Labute approximate surface area is 175 Å². The predicted octanol–water partition coefficient (Wildman–Crippen LogP) is 3.95. The monoisotopic (exact) mass is 408 g/mol. The summed E-state index contributed by atoms with van der Waals surface area (Å²) in [6.07, 6.45) is 5.58. The van der Waals surface area contributed by atoms with Gasteiger partial charge in [0.05, 0.1) is 11.4 Å². The summed E-state index contributed by atoms with van der Waals surface area (Å²) in [5.74, 6) is 1.32. The quantitative estimate of drug-likeness (QED) is 0.802. The molecule has 1 aliphatic carbocycles. The van der Waals surface area contributed by atoms with Crippen LogP contribution in [-0.4, -0.2) is 24.0 Å². The number of halogens is 1. The van der Waals surface area contributed by atoms with Crippen LogP contribution in [0.3, 0.4) is 0 Å². The Balaban J connectivity index is 1.62. The minimum absolute atomic E-state index is 0.150. The average Bonchev–Trinajstić information content (AvgIpc) is 3.50. The van der Waals surface area contributed by atoms with Crippen molar-refractivity contribution in [2.75, 3.05) is 11.9 Å². The van der Waals surface area contributed by atoms with Gasteiger partial charge < -0.3 is 15.1 Å². The summed E-state index contributed by atoms with van der Waals surface area (Å²) in [6, 6.07) is 10.2. The summed E-state index contributed by atoms with van der Waals surface area (Å²) in [6.45, 7) is 2.11. The molecule has 2 N–H and O–H groups in total. The van der Waals surface area contributed by atoms with Crippen LogP contribution in [0.4, 0.5) is 10.1 Å². The molecule has 1 amide bonds. The van der Waals surface area contributed by atoms with Gasteiger partial charge in [-0.25, -0.2) is 4.39 Å². The Kier molecular flexibility index (Phi) is 4.62. The van der Waals surface area contributed by atoms with Crippen molar-refractivity contribution < 1.29 is 13.9 Å². The molecular weight excluding hydrogens is 383 g/mol. The van der Waals surface area contributed by atoms with Gasteiger partial charge in [-0.15, -0.1) is 5.53 Å². The van der Waals surface area contributed by atoms with Crippen LogP contribution in [0.1, 0.15) is 37.3 Å². The summed E-state index contributed by atoms with van der Waals surface area (Å²) >= 11 is 0. The number of ether oxygens (including phenoxy) is 1. The summed E-state index contributed by atoms with van der Waals surface area (Å²) in [5.41, 5.74) is 9.88. The van der Waals surface area contributed by atoms with Gasteiger partial charge in [-0.3, -0.25) is 9.80 Å². The highest BCUT2D eigenvalue weighted by molar-refractivity contribution is 5.99. The van der Waals surface area contributed by atoms with Crippen molar-refractivity contribution in [3.63, 3.8) is 0 Å². The van der Waals surface area contributed by atoms with E-state index < -0.39 is 0 Å². The van der Waals surface area contributed by atoms with Crippen molar-refractivity contribution in [2.45, 2.75) is 38.6 Å². The molecule has 0 saturated heterocycles. The number of hydrazine groups is 2. The number of hydrogen-bond donors (Lipinski definition) is 2. The van der Waals surface area contributed by atoms with Crippen molar-refractivity contribution in [3.8, 4) is 11.5 Å². The van der Waals surface area contributed by atoms with Crippen LogP contribution in [0, 0.1) is 11.7 Å². The third-order valence-corrected chi connectivity index (χ3v) is 5.93. The molecule has 156 valence electrons. The molecule has 2 aromatic rings. The highest BCUT2D eigenvalue weighted by atomic mass is 19.1. The Morgan fingerprint density at radius 3 is 2.57 bits per heavy atom. The molecular formula is C23H25FN4O2. The fraction of sp³-hybridized carbons (Fsp3) is 0.348. The van der Waals surface area contributed by atoms with E-state index in [-0.39, 0.29) is 23.7 Å². The fourth-order valence-electron chi connectivity index (χ4n) is 4.16. The highest BCUT2D eigenvalue weighted by Gasteiger charge is 2.39. The molecule has 0 unspecified atom stereocenters. The first-order valence-electron chi connectivity index (χ1n) is 10.4. The van der Waals surface area contributed by atoms with Gasteiger partial charge in [-0.05, 0) is 69.0 Å². The maximum Gasteiger partial charge on any atom is 0.230 e. The Bertz CT molecular complexity index is 1020. The number of nitrogens with one attached hydrogen (secondary N) is 2. The standard InChI is InChI=1S/C23H25FN4O2/c1-14-3-10-19-21(28(14)23(29)15-4-5-15)12-11-18(20-13-27(2)26-25-20)22(19)30-17-8-6-16(24)7-9-17/h6-9,11-15,25-26H,3-5,10H2,1-2H3/t14-/m0/s1. The van der Waals surface area contributed by atoms with Crippen LogP contribution >= 0.6 is 0 Å². The highest BCUT2D eigenvalue weighted by Crippen LogP contribution is 2.45. The molecule has 5 rings (SSSR count). The predicted molar refractivity (Wildman–Crippen MR) is 113 cm³/mol. The van der Waals surface area contributed by atoms with Gasteiger partial charge in [0.15, 0.2) is 0 Å². The zero-order valence-electron chi connectivity index (χ0n) is 17.1. The van der Waals surface area contributed by atoms with Gasteiger partial charge in [0, 0.05) is 36.3 Å². The molecule has 6 nitrogen and oxygen atoms in total. The summed E-state index contributed by atoms with van der Waals surface area (Å²) in [4.78, 5) is 15.0. The van der Waals surface area contributed by atoms with E-state index in [4.69, 9.17) is 4.74 Å². The second-order valence-electron chi connectivity index (χ2n) is 8.26. The first kappa shape index (κ1) is 18.9. The summed E-state index contributed by atoms with van der Waals surface area (Å²) in [7, 11) is 1.90. The van der Waals surface area contributed by atoms with E-state index in [0.29, 0.717) is 11.5 Å². The van der Waals surface area contributed by atoms with Gasteiger partial charge in [-0.2, -0.15) is 0 Å². The zero-order chi connectivity index (χ0) is 20.8. The van der Waals surface area contributed by atoms with E-state index in [0.717, 1.165) is 48.2 Å². The number of carbonyl (C=O) groups excluding carboxylic acids is 1. The maximum atomic E-state index is 13.4. The first-order chi connectivity index (χ1) is 14.5. The van der Waals surface area contributed by atoms with Crippen LogP contribution in [-0.2, 0) is 11.2 Å². The first-order valence-corrected chi connectivity index (χ1v) is 10.4. The normalized spacial score (nSPS) is 20.5. The molecule has 2 heterocycles. The molecule has 7 heteroatoms. The lowest BCUT2D eigenvalue weighted by molar-refractivity contribution is -0.120. The van der Waals surface area contributed by atoms with Gasteiger partial charge in [0.25, 0.3) is 0 Å². The van der Waals surface area contributed by atoms with Crippen molar-refractivity contribution in [2.24, 2.45) is 5.92 Å². The summed E-state index contributed by atoms with van der Waals surface area (Å²) < 4.78 is 19.7. The Morgan fingerprint density at radius 2 is 1.90 bits per heavy atom. The van der Waals surface area contributed by atoms with E-state index in [9.17, 15) is 9.18 Å². The second kappa shape index (κ2) is 7.32. The minimum Gasteiger partial charge on any atom is -0.456 e.